The molecule has 0 saturated carbocycles. The molecule has 1 aliphatic rings. The molecule has 1 heterocycles. The van der Waals surface area contributed by atoms with Gasteiger partial charge in [0.05, 0.1) is 12.5 Å². The molecule has 0 aromatic heterocycles. The van der Waals surface area contributed by atoms with Crippen molar-refractivity contribution in [2.24, 2.45) is 0 Å². The van der Waals surface area contributed by atoms with Gasteiger partial charge in [0.2, 0.25) is 0 Å². The molecule has 1 atom stereocenters. The first kappa shape index (κ1) is 13.6. The molecule has 0 N–H and O–H groups in total. The lowest BCUT2D eigenvalue weighted by molar-refractivity contribution is -0.439. The van der Waals surface area contributed by atoms with Gasteiger partial charge in [-0.15, -0.1) is 0 Å². The second-order valence-electron chi connectivity index (χ2n) is 3.00. The number of carbonyl (C=O) groups is 1. The van der Waals surface area contributed by atoms with E-state index in [4.69, 9.17) is 5.26 Å². The molecule has 1 saturated heterocycles. The highest BCUT2D eigenvalue weighted by molar-refractivity contribution is 5.77. The first-order valence-corrected chi connectivity index (χ1v) is 3.96. The lowest BCUT2D eigenvalue weighted by Gasteiger charge is -2.30. The highest BCUT2D eigenvalue weighted by Gasteiger charge is 2.80. The molecule has 0 aliphatic carbocycles. The fourth-order valence-corrected chi connectivity index (χ4v) is 1.10. The second-order valence-corrected chi connectivity index (χ2v) is 3.00. The van der Waals surface area contributed by atoms with Gasteiger partial charge in [-0.3, -0.25) is 0 Å². The van der Waals surface area contributed by atoms with Gasteiger partial charge < -0.3 is 9.47 Å². The summed E-state index contributed by atoms with van der Waals surface area (Å²) in [6.45, 7) is 0. The Kier molecular flexibility index (Phi) is 3.00. The van der Waals surface area contributed by atoms with Crippen LogP contribution < -0.4 is 0 Å². The molecule has 96 valence electrons. The van der Waals surface area contributed by atoms with E-state index in [1.165, 1.54) is 6.07 Å². The molecule has 0 aromatic carbocycles. The van der Waals surface area contributed by atoms with Gasteiger partial charge in [-0.05, 0) is 0 Å². The van der Waals surface area contributed by atoms with Gasteiger partial charge in [0.1, 0.15) is 0 Å². The lowest BCUT2D eigenvalue weighted by Crippen LogP contribution is -2.58. The smallest absolute Gasteiger partial charge is 0.414 e. The highest BCUT2D eigenvalue weighted by atomic mass is 19.4. The van der Waals surface area contributed by atoms with E-state index in [0.717, 1.165) is 0 Å². The van der Waals surface area contributed by atoms with Crippen LogP contribution in [0.1, 0.15) is 6.42 Å². The predicted octanol–water partition coefficient (Wildman–Crippen LogP) is 1.66. The number of alkyl halides is 6. The Morgan fingerprint density at radius 2 is 1.71 bits per heavy atom. The summed E-state index contributed by atoms with van der Waals surface area (Å²) in [5.74, 6) is -6.86. The summed E-state index contributed by atoms with van der Waals surface area (Å²) in [5, 5.41) is 8.12. The zero-order chi connectivity index (χ0) is 13.5. The molecule has 10 heteroatoms. The molecule has 1 fully saturated rings. The molecule has 0 spiro atoms. The Hall–Kier alpha value is -1.50. The van der Waals surface area contributed by atoms with E-state index in [1.807, 2.05) is 0 Å². The third kappa shape index (κ3) is 2.02. The van der Waals surface area contributed by atoms with Crippen molar-refractivity contribution in [3.63, 3.8) is 0 Å². The number of cyclic esters (lactones) is 1. The van der Waals surface area contributed by atoms with Gasteiger partial charge in [-0.2, -0.15) is 31.6 Å². The van der Waals surface area contributed by atoms with Crippen molar-refractivity contribution >= 4 is 5.97 Å². The average Bonchev–Trinajstić information content (AvgIpc) is 2.43. The van der Waals surface area contributed by atoms with E-state index in [2.05, 4.69) is 9.47 Å². The molecule has 1 rings (SSSR count). The monoisotopic (exact) mass is 263 g/mol. The first-order chi connectivity index (χ1) is 7.55. The third-order valence-corrected chi connectivity index (χ3v) is 1.84. The van der Waals surface area contributed by atoms with Crippen LogP contribution in [0, 0.1) is 11.3 Å². The van der Waals surface area contributed by atoms with Crippen molar-refractivity contribution in [3.05, 3.63) is 0 Å². The number of hydrogen-bond donors (Lipinski definition) is 0. The van der Waals surface area contributed by atoms with Crippen LogP contribution in [-0.2, 0) is 14.3 Å². The molecule has 0 radical (unpaired) electrons. The molecule has 0 amide bonds. The Morgan fingerprint density at radius 3 is 2.00 bits per heavy atom. The number of rotatable bonds is 1. The van der Waals surface area contributed by atoms with E-state index in [1.54, 1.807) is 0 Å². The quantitative estimate of drug-likeness (QED) is 0.533. The summed E-state index contributed by atoms with van der Waals surface area (Å²) in [4.78, 5) is 10.8. The zero-order valence-corrected chi connectivity index (χ0v) is 7.72. The van der Waals surface area contributed by atoms with Gasteiger partial charge in [0.25, 0.3) is 0 Å². The number of carbonyl (C=O) groups excluding carboxylic acids is 1. The van der Waals surface area contributed by atoms with Gasteiger partial charge >= 0.3 is 24.1 Å². The fourth-order valence-electron chi connectivity index (χ4n) is 1.10. The van der Waals surface area contributed by atoms with Crippen LogP contribution in [0.15, 0.2) is 0 Å². The summed E-state index contributed by atoms with van der Waals surface area (Å²) in [7, 11) is 0. The van der Waals surface area contributed by atoms with Gasteiger partial charge in [-0.25, -0.2) is 4.79 Å². The number of nitriles is 1. The van der Waals surface area contributed by atoms with Crippen molar-refractivity contribution in [1.29, 1.82) is 5.26 Å². The normalized spacial score (nSPS) is 24.3. The van der Waals surface area contributed by atoms with E-state index < -0.39 is 36.6 Å². The number of esters is 1. The van der Waals surface area contributed by atoms with Crippen LogP contribution in [0.5, 0.6) is 0 Å². The molecule has 0 aromatic rings. The zero-order valence-electron chi connectivity index (χ0n) is 7.72. The molecular formula is C7H3F6NO3. The van der Waals surface area contributed by atoms with Crippen LogP contribution in [0.4, 0.5) is 26.3 Å². The fraction of sp³-hybridized carbons (Fsp3) is 0.714. The summed E-state index contributed by atoms with van der Waals surface area (Å²) < 4.78 is 80.6. The number of ether oxygens (including phenoxy) is 2. The predicted molar refractivity (Wildman–Crippen MR) is 36.0 cm³/mol. The minimum absolute atomic E-state index is 0.966. The highest BCUT2D eigenvalue weighted by Crippen LogP contribution is 2.50. The van der Waals surface area contributed by atoms with Crippen LogP contribution in [0.25, 0.3) is 0 Å². The number of hydrogen-bond acceptors (Lipinski definition) is 4. The molecular weight excluding hydrogens is 260 g/mol. The number of nitrogens with zero attached hydrogens (tertiary/aromatic N) is 1. The maximum Gasteiger partial charge on any atom is 0.465 e. The molecule has 4 nitrogen and oxygen atoms in total. The van der Waals surface area contributed by atoms with Gasteiger partial charge in [0, 0.05) is 0 Å². The summed E-state index contributed by atoms with van der Waals surface area (Å²) >= 11 is 0. The Bertz CT molecular complexity index is 353. The van der Waals surface area contributed by atoms with Gasteiger partial charge in [-0.1, -0.05) is 0 Å². The maximum atomic E-state index is 12.3. The van der Waals surface area contributed by atoms with E-state index in [9.17, 15) is 31.1 Å². The standard InChI is InChI=1S/C7H3F6NO3/c8-6(9,10)5(7(11,12)13)16-3(1-2-14)4(15)17-5/h3H,1H2/t3-/m0/s1. The van der Waals surface area contributed by atoms with E-state index in [0.29, 0.717) is 0 Å². The Balaban J connectivity index is 3.15. The number of halogens is 6. The van der Waals surface area contributed by atoms with Crippen LogP contribution in [0.3, 0.4) is 0 Å². The minimum atomic E-state index is -5.98. The first-order valence-electron chi connectivity index (χ1n) is 3.96. The molecule has 0 bridgehead atoms. The second kappa shape index (κ2) is 3.76. The van der Waals surface area contributed by atoms with E-state index >= 15 is 0 Å². The maximum absolute atomic E-state index is 12.3. The summed E-state index contributed by atoms with van der Waals surface area (Å²) in [5.41, 5.74) is 0. The minimum Gasteiger partial charge on any atom is -0.414 e. The Morgan fingerprint density at radius 1 is 1.24 bits per heavy atom. The van der Waals surface area contributed by atoms with Crippen molar-refractivity contribution in [1.82, 2.24) is 0 Å². The van der Waals surface area contributed by atoms with Crippen LogP contribution in [-0.4, -0.2) is 30.2 Å². The Labute approximate surface area is 89.7 Å². The molecule has 17 heavy (non-hydrogen) atoms. The van der Waals surface area contributed by atoms with Crippen molar-refractivity contribution in [2.75, 3.05) is 0 Å². The molecule has 1 aliphatic heterocycles. The SMILES string of the molecule is N#CC[C@@H]1OC(C(F)(F)F)(C(F)(F)F)OC1=O. The largest absolute Gasteiger partial charge is 0.465 e. The average molecular weight is 263 g/mol. The summed E-state index contributed by atoms with van der Waals surface area (Å²) in [6.07, 6.45) is -15.1. The van der Waals surface area contributed by atoms with Crippen LogP contribution >= 0.6 is 0 Å². The van der Waals surface area contributed by atoms with E-state index in [-0.39, 0.29) is 0 Å². The summed E-state index contributed by atoms with van der Waals surface area (Å²) in [6, 6.07) is 1.22. The topological polar surface area (TPSA) is 59.3 Å². The van der Waals surface area contributed by atoms with Crippen molar-refractivity contribution in [2.45, 2.75) is 30.7 Å². The van der Waals surface area contributed by atoms with Crippen molar-refractivity contribution in [3.8, 4) is 6.07 Å². The third-order valence-electron chi connectivity index (χ3n) is 1.84. The van der Waals surface area contributed by atoms with Crippen LogP contribution in [0.2, 0.25) is 0 Å². The molecule has 0 unspecified atom stereocenters. The lowest BCUT2D eigenvalue weighted by atomic mass is 10.2. The van der Waals surface area contributed by atoms with Crippen molar-refractivity contribution < 1.29 is 40.6 Å². The van der Waals surface area contributed by atoms with Gasteiger partial charge in [0.15, 0.2) is 6.10 Å².